The number of amides is 1. The molecule has 1 fully saturated rings. The second-order valence-electron chi connectivity index (χ2n) is 5.37. The van der Waals surface area contributed by atoms with Crippen molar-refractivity contribution in [1.29, 1.82) is 0 Å². The Hall–Kier alpha value is -0.570. The van der Waals surface area contributed by atoms with E-state index in [0.717, 1.165) is 19.4 Å². The summed E-state index contributed by atoms with van der Waals surface area (Å²) in [4.78, 5) is 14.1. The van der Waals surface area contributed by atoms with Crippen LogP contribution in [0.25, 0.3) is 0 Å². The van der Waals surface area contributed by atoms with Gasteiger partial charge >= 0.3 is 0 Å². The van der Waals surface area contributed by atoms with Crippen LogP contribution in [0.5, 0.6) is 0 Å². The van der Waals surface area contributed by atoms with Gasteiger partial charge in [0.05, 0.1) is 0 Å². The third kappa shape index (κ3) is 4.52. The second-order valence-corrected chi connectivity index (χ2v) is 5.37. The lowest BCUT2D eigenvalue weighted by molar-refractivity contribution is -0.132. The van der Waals surface area contributed by atoms with E-state index in [9.17, 15) is 4.79 Å². The molecule has 2 N–H and O–H groups in total. The number of nitrogens with zero attached hydrogens (tertiary/aromatic N) is 1. The van der Waals surface area contributed by atoms with Gasteiger partial charge in [0.25, 0.3) is 0 Å². The number of hydrogen-bond donors (Lipinski definition) is 1. The molecule has 0 heterocycles. The lowest BCUT2D eigenvalue weighted by Gasteiger charge is -2.24. The van der Waals surface area contributed by atoms with Crippen LogP contribution in [0.1, 0.15) is 52.9 Å². The summed E-state index contributed by atoms with van der Waals surface area (Å²) >= 11 is 0. The Labute approximate surface area is 99.4 Å². The fourth-order valence-corrected chi connectivity index (χ4v) is 1.78. The fraction of sp³-hybridized carbons (Fsp3) is 0.923. The van der Waals surface area contributed by atoms with E-state index in [2.05, 4.69) is 18.7 Å². The Balaban J connectivity index is 2.39. The average molecular weight is 226 g/mol. The summed E-state index contributed by atoms with van der Waals surface area (Å²) in [6.45, 7) is 7.35. The minimum absolute atomic E-state index is 0.0350. The Morgan fingerprint density at radius 1 is 1.44 bits per heavy atom. The summed E-state index contributed by atoms with van der Waals surface area (Å²) < 4.78 is 0. The van der Waals surface area contributed by atoms with Crippen LogP contribution in [0, 0.1) is 5.92 Å². The topological polar surface area (TPSA) is 46.3 Å². The maximum absolute atomic E-state index is 12.1. The maximum atomic E-state index is 12.1. The van der Waals surface area contributed by atoms with Crippen molar-refractivity contribution >= 4 is 5.91 Å². The van der Waals surface area contributed by atoms with E-state index in [4.69, 9.17) is 5.73 Å². The van der Waals surface area contributed by atoms with Crippen molar-refractivity contribution in [2.24, 2.45) is 11.7 Å². The Kier molecular flexibility index (Phi) is 5.26. The summed E-state index contributed by atoms with van der Waals surface area (Å²) in [6, 6.07) is 0.558. The molecule has 0 aromatic carbocycles. The number of nitrogens with two attached hydrogens (primary N) is 1. The summed E-state index contributed by atoms with van der Waals surface area (Å²) in [7, 11) is 0. The van der Waals surface area contributed by atoms with Crippen molar-refractivity contribution in [2.75, 3.05) is 6.54 Å². The quantitative estimate of drug-likeness (QED) is 0.723. The van der Waals surface area contributed by atoms with Crippen molar-refractivity contribution in [3.05, 3.63) is 0 Å². The second kappa shape index (κ2) is 6.24. The number of carbonyl (C=O) groups is 1. The highest BCUT2D eigenvalue weighted by Crippen LogP contribution is 2.28. The van der Waals surface area contributed by atoms with Crippen molar-refractivity contribution in [3.8, 4) is 0 Å². The summed E-state index contributed by atoms with van der Waals surface area (Å²) in [5.41, 5.74) is 5.84. The van der Waals surface area contributed by atoms with Gasteiger partial charge in [-0.2, -0.15) is 0 Å². The molecule has 1 rings (SSSR count). The van der Waals surface area contributed by atoms with Gasteiger partial charge in [0.1, 0.15) is 0 Å². The molecule has 0 spiro atoms. The molecule has 0 radical (unpaired) electrons. The zero-order valence-electron chi connectivity index (χ0n) is 10.9. The fourth-order valence-electron chi connectivity index (χ4n) is 1.78. The summed E-state index contributed by atoms with van der Waals surface area (Å²) in [5, 5.41) is 0. The standard InChI is InChI=1S/C13H26N2O/c1-4-11(14)9-13(16)15(12-5-6-12)8-7-10(2)3/h10-12H,4-9,14H2,1-3H3. The third-order valence-corrected chi connectivity index (χ3v) is 3.22. The molecule has 0 aromatic rings. The smallest absolute Gasteiger partial charge is 0.224 e. The van der Waals surface area contributed by atoms with E-state index < -0.39 is 0 Å². The molecule has 0 aromatic heterocycles. The molecular formula is C13H26N2O. The van der Waals surface area contributed by atoms with E-state index in [1.165, 1.54) is 12.8 Å². The van der Waals surface area contributed by atoms with E-state index in [1.807, 2.05) is 6.92 Å². The first-order chi connectivity index (χ1) is 7.54. The van der Waals surface area contributed by atoms with Crippen LogP contribution in [-0.4, -0.2) is 29.4 Å². The van der Waals surface area contributed by atoms with Gasteiger partial charge in [-0.3, -0.25) is 4.79 Å². The van der Waals surface area contributed by atoms with E-state index in [0.29, 0.717) is 18.4 Å². The van der Waals surface area contributed by atoms with Gasteiger partial charge in [0.2, 0.25) is 5.91 Å². The molecule has 0 bridgehead atoms. The SMILES string of the molecule is CCC(N)CC(=O)N(CCC(C)C)C1CC1. The first kappa shape index (κ1) is 13.5. The molecule has 1 aliphatic rings. The van der Waals surface area contributed by atoms with Gasteiger partial charge in [-0.1, -0.05) is 20.8 Å². The van der Waals surface area contributed by atoms with Crippen molar-refractivity contribution in [2.45, 2.75) is 65.0 Å². The monoisotopic (exact) mass is 226 g/mol. The first-order valence-electron chi connectivity index (χ1n) is 6.59. The predicted octanol–water partition coefficient (Wildman–Crippen LogP) is 2.15. The highest BCUT2D eigenvalue weighted by atomic mass is 16.2. The van der Waals surface area contributed by atoms with Crippen molar-refractivity contribution < 1.29 is 4.79 Å². The van der Waals surface area contributed by atoms with Crippen molar-refractivity contribution in [1.82, 2.24) is 4.90 Å². The van der Waals surface area contributed by atoms with Gasteiger partial charge in [0, 0.05) is 25.0 Å². The summed E-state index contributed by atoms with van der Waals surface area (Å²) in [6.07, 6.45) is 4.87. The van der Waals surface area contributed by atoms with E-state index in [1.54, 1.807) is 0 Å². The van der Waals surface area contributed by atoms with Crippen LogP contribution < -0.4 is 5.73 Å². The number of hydrogen-bond acceptors (Lipinski definition) is 2. The highest BCUT2D eigenvalue weighted by Gasteiger charge is 2.32. The molecule has 1 amide bonds. The lowest BCUT2D eigenvalue weighted by atomic mass is 10.1. The van der Waals surface area contributed by atoms with Crippen LogP contribution in [-0.2, 0) is 4.79 Å². The molecule has 1 aliphatic carbocycles. The predicted molar refractivity (Wildman–Crippen MR) is 67.1 cm³/mol. The molecule has 94 valence electrons. The Bertz CT molecular complexity index is 224. The Morgan fingerprint density at radius 3 is 2.50 bits per heavy atom. The van der Waals surface area contributed by atoms with Crippen LogP contribution in [0.3, 0.4) is 0 Å². The molecule has 0 aliphatic heterocycles. The lowest BCUT2D eigenvalue weighted by Crippen LogP contribution is -2.38. The zero-order valence-corrected chi connectivity index (χ0v) is 10.9. The zero-order chi connectivity index (χ0) is 12.1. The molecule has 16 heavy (non-hydrogen) atoms. The van der Waals surface area contributed by atoms with E-state index in [-0.39, 0.29) is 11.9 Å². The molecule has 0 saturated heterocycles. The molecule has 1 saturated carbocycles. The van der Waals surface area contributed by atoms with Gasteiger partial charge in [-0.15, -0.1) is 0 Å². The number of rotatable bonds is 7. The average Bonchev–Trinajstić information content (AvgIpc) is 3.01. The first-order valence-corrected chi connectivity index (χ1v) is 6.59. The minimum Gasteiger partial charge on any atom is -0.340 e. The van der Waals surface area contributed by atoms with Crippen molar-refractivity contribution in [3.63, 3.8) is 0 Å². The highest BCUT2D eigenvalue weighted by molar-refractivity contribution is 5.77. The van der Waals surface area contributed by atoms with Crippen LogP contribution >= 0.6 is 0 Å². The van der Waals surface area contributed by atoms with Crippen LogP contribution in [0.2, 0.25) is 0 Å². The van der Waals surface area contributed by atoms with Gasteiger partial charge < -0.3 is 10.6 Å². The largest absolute Gasteiger partial charge is 0.340 e. The van der Waals surface area contributed by atoms with Crippen LogP contribution in [0.4, 0.5) is 0 Å². The molecule has 3 heteroatoms. The van der Waals surface area contributed by atoms with E-state index >= 15 is 0 Å². The molecule has 1 atom stereocenters. The third-order valence-electron chi connectivity index (χ3n) is 3.22. The van der Waals surface area contributed by atoms with Gasteiger partial charge in [-0.05, 0) is 31.6 Å². The summed E-state index contributed by atoms with van der Waals surface area (Å²) in [5.74, 6) is 0.923. The molecular weight excluding hydrogens is 200 g/mol. The normalized spacial score (nSPS) is 17.6. The van der Waals surface area contributed by atoms with Gasteiger partial charge in [-0.25, -0.2) is 0 Å². The Morgan fingerprint density at radius 2 is 2.06 bits per heavy atom. The minimum atomic E-state index is 0.0350. The maximum Gasteiger partial charge on any atom is 0.224 e. The van der Waals surface area contributed by atoms with Gasteiger partial charge in [0.15, 0.2) is 0 Å². The van der Waals surface area contributed by atoms with Crippen LogP contribution in [0.15, 0.2) is 0 Å². The molecule has 3 nitrogen and oxygen atoms in total. The number of carbonyl (C=O) groups excluding carboxylic acids is 1. The molecule has 1 unspecified atom stereocenters.